The third-order valence-corrected chi connectivity index (χ3v) is 1.52. The molecule has 1 aromatic carbocycles. The Hall–Kier alpha value is -1.04. The summed E-state index contributed by atoms with van der Waals surface area (Å²) in [5, 5.41) is 0.580. The largest absolute Gasteiger partial charge is 0.479 e. The first-order valence-electron chi connectivity index (χ1n) is 3.35. The van der Waals surface area contributed by atoms with Crippen LogP contribution in [0.2, 0.25) is 5.02 Å². The second kappa shape index (κ2) is 5.58. The molecule has 0 aliphatic rings. The van der Waals surface area contributed by atoms with Gasteiger partial charge in [-0.05, 0) is 12.1 Å². The molecule has 0 aliphatic carbocycles. The molecule has 13 heavy (non-hydrogen) atoms. The Labute approximate surface area is 88.4 Å². The summed E-state index contributed by atoms with van der Waals surface area (Å²) in [6, 6.07) is 5.00. The van der Waals surface area contributed by atoms with E-state index in [0.29, 0.717) is 16.5 Å². The number of ether oxygens (including phenoxy) is 1. The first-order valence-corrected chi connectivity index (χ1v) is 3.73. The Kier molecular flexibility index (Phi) is 5.13. The number of hydrogen-bond acceptors (Lipinski definition) is 2. The highest BCUT2D eigenvalue weighted by Gasteiger charge is 1.99. The van der Waals surface area contributed by atoms with Gasteiger partial charge in [0.15, 0.2) is 0 Å². The quantitative estimate of drug-likeness (QED) is 0.610. The zero-order valence-electron chi connectivity index (χ0n) is 6.79. The number of hydrogen-bond donors (Lipinski definition) is 1. The van der Waals surface area contributed by atoms with Crippen LogP contribution in [0.4, 0.5) is 5.69 Å². The monoisotopic (exact) mass is 217 g/mol. The average molecular weight is 218 g/mol. The maximum absolute atomic E-state index is 5.71. The van der Waals surface area contributed by atoms with Crippen molar-refractivity contribution in [2.45, 2.75) is 0 Å². The molecule has 2 nitrogen and oxygen atoms in total. The molecule has 2 N–H and O–H groups in total. The van der Waals surface area contributed by atoms with Crippen molar-refractivity contribution >= 4 is 29.7 Å². The van der Waals surface area contributed by atoms with Crippen molar-refractivity contribution in [1.29, 1.82) is 0 Å². The second-order valence-corrected chi connectivity index (χ2v) is 2.61. The van der Waals surface area contributed by atoms with E-state index in [1.807, 2.05) is 0 Å². The third-order valence-electron chi connectivity index (χ3n) is 1.29. The van der Waals surface area contributed by atoms with Crippen LogP contribution in [0.1, 0.15) is 0 Å². The van der Waals surface area contributed by atoms with Gasteiger partial charge in [0.05, 0.1) is 5.69 Å². The van der Waals surface area contributed by atoms with E-state index in [2.05, 4.69) is 5.92 Å². The van der Waals surface area contributed by atoms with Gasteiger partial charge in [0.1, 0.15) is 12.4 Å². The summed E-state index contributed by atoms with van der Waals surface area (Å²) in [5.41, 5.74) is 6.11. The van der Waals surface area contributed by atoms with Gasteiger partial charge in [-0.15, -0.1) is 18.8 Å². The lowest BCUT2D eigenvalue weighted by atomic mass is 10.3. The highest BCUT2D eigenvalue weighted by atomic mass is 35.5. The molecule has 4 heteroatoms. The van der Waals surface area contributed by atoms with Gasteiger partial charge in [-0.1, -0.05) is 17.5 Å². The van der Waals surface area contributed by atoms with Gasteiger partial charge in [-0.2, -0.15) is 0 Å². The molecular weight excluding hydrogens is 209 g/mol. The van der Waals surface area contributed by atoms with Crippen molar-refractivity contribution in [3.8, 4) is 18.1 Å². The fraction of sp³-hybridized carbons (Fsp3) is 0.111. The van der Waals surface area contributed by atoms with Gasteiger partial charge in [0.25, 0.3) is 0 Å². The van der Waals surface area contributed by atoms with E-state index < -0.39 is 0 Å². The SMILES string of the molecule is C#CCOc1cc(Cl)ccc1N.Cl. The van der Waals surface area contributed by atoms with Crippen LogP contribution in [0, 0.1) is 12.3 Å². The molecule has 0 bridgehead atoms. The predicted octanol–water partition coefficient (Wildman–Crippen LogP) is 2.36. The van der Waals surface area contributed by atoms with Crippen LogP contribution < -0.4 is 10.5 Å². The predicted molar refractivity (Wildman–Crippen MR) is 57.4 cm³/mol. The van der Waals surface area contributed by atoms with Crippen LogP contribution in [0.15, 0.2) is 18.2 Å². The van der Waals surface area contributed by atoms with Crippen LogP contribution in [0.25, 0.3) is 0 Å². The minimum atomic E-state index is 0. The maximum Gasteiger partial charge on any atom is 0.148 e. The lowest BCUT2D eigenvalue weighted by Crippen LogP contribution is -1.97. The second-order valence-electron chi connectivity index (χ2n) is 2.17. The van der Waals surface area contributed by atoms with E-state index in [1.54, 1.807) is 18.2 Å². The average Bonchev–Trinajstić information content (AvgIpc) is 2.07. The molecule has 0 spiro atoms. The van der Waals surface area contributed by atoms with Crippen LogP contribution in [0.3, 0.4) is 0 Å². The zero-order chi connectivity index (χ0) is 8.97. The van der Waals surface area contributed by atoms with E-state index in [4.69, 9.17) is 28.5 Å². The Bertz CT molecular complexity index is 320. The highest BCUT2D eigenvalue weighted by Crippen LogP contribution is 2.24. The zero-order valence-corrected chi connectivity index (χ0v) is 8.36. The van der Waals surface area contributed by atoms with Crippen LogP contribution in [0.5, 0.6) is 5.75 Å². The van der Waals surface area contributed by atoms with Gasteiger partial charge in [0.2, 0.25) is 0 Å². The summed E-state index contributed by atoms with van der Waals surface area (Å²) < 4.78 is 5.12. The lowest BCUT2D eigenvalue weighted by Gasteiger charge is -2.05. The number of rotatable bonds is 2. The van der Waals surface area contributed by atoms with Crippen LogP contribution in [-0.4, -0.2) is 6.61 Å². The van der Waals surface area contributed by atoms with E-state index in [0.717, 1.165) is 0 Å². The number of anilines is 1. The summed E-state index contributed by atoms with van der Waals surface area (Å²) in [4.78, 5) is 0. The Morgan fingerprint density at radius 1 is 1.54 bits per heavy atom. The Balaban J connectivity index is 0.00000144. The molecule has 0 amide bonds. The molecule has 0 heterocycles. The first-order chi connectivity index (χ1) is 5.74. The van der Waals surface area contributed by atoms with Crippen molar-refractivity contribution in [3.05, 3.63) is 23.2 Å². The molecule has 0 aromatic heterocycles. The summed E-state index contributed by atoms with van der Waals surface area (Å²) >= 11 is 5.71. The van der Waals surface area contributed by atoms with Gasteiger partial charge < -0.3 is 10.5 Å². The number of nitrogens with two attached hydrogens (primary N) is 1. The molecular formula is C9H9Cl2NO. The van der Waals surface area contributed by atoms with E-state index in [9.17, 15) is 0 Å². The van der Waals surface area contributed by atoms with Crippen molar-refractivity contribution in [2.24, 2.45) is 0 Å². The maximum atomic E-state index is 5.71. The number of nitrogen functional groups attached to an aromatic ring is 1. The first kappa shape index (κ1) is 12.0. The summed E-state index contributed by atoms with van der Waals surface area (Å²) in [7, 11) is 0. The normalized spacial score (nSPS) is 8.31. The minimum Gasteiger partial charge on any atom is -0.479 e. The van der Waals surface area contributed by atoms with Gasteiger partial charge in [-0.25, -0.2) is 0 Å². The Morgan fingerprint density at radius 2 is 2.23 bits per heavy atom. The molecule has 70 valence electrons. The van der Waals surface area contributed by atoms with Gasteiger partial charge in [-0.3, -0.25) is 0 Å². The molecule has 0 unspecified atom stereocenters. The van der Waals surface area contributed by atoms with Crippen molar-refractivity contribution < 1.29 is 4.74 Å². The molecule has 0 saturated heterocycles. The van der Waals surface area contributed by atoms with Crippen LogP contribution >= 0.6 is 24.0 Å². The van der Waals surface area contributed by atoms with Gasteiger partial charge in [0, 0.05) is 11.1 Å². The van der Waals surface area contributed by atoms with Gasteiger partial charge >= 0.3 is 0 Å². The number of benzene rings is 1. The molecule has 0 atom stereocenters. The molecule has 0 radical (unpaired) electrons. The molecule has 1 rings (SSSR count). The standard InChI is InChI=1S/C9H8ClNO.ClH/c1-2-5-12-9-6-7(10)3-4-8(9)11;/h1,3-4,6H,5,11H2;1H. The molecule has 0 fully saturated rings. The fourth-order valence-electron chi connectivity index (χ4n) is 0.753. The van der Waals surface area contributed by atoms with Crippen molar-refractivity contribution in [3.63, 3.8) is 0 Å². The summed E-state index contributed by atoms with van der Waals surface area (Å²) in [5.74, 6) is 2.87. The minimum absolute atomic E-state index is 0. The Morgan fingerprint density at radius 3 is 2.85 bits per heavy atom. The summed E-state index contributed by atoms with van der Waals surface area (Å²) in [6.07, 6.45) is 5.02. The van der Waals surface area contributed by atoms with E-state index in [-0.39, 0.29) is 19.0 Å². The van der Waals surface area contributed by atoms with Crippen molar-refractivity contribution in [1.82, 2.24) is 0 Å². The third kappa shape index (κ3) is 3.45. The molecule has 0 aliphatic heterocycles. The van der Waals surface area contributed by atoms with Crippen LogP contribution in [-0.2, 0) is 0 Å². The fourth-order valence-corrected chi connectivity index (χ4v) is 0.915. The van der Waals surface area contributed by atoms with Crippen molar-refractivity contribution in [2.75, 3.05) is 12.3 Å². The molecule has 0 saturated carbocycles. The lowest BCUT2D eigenvalue weighted by molar-refractivity contribution is 0.372. The topological polar surface area (TPSA) is 35.2 Å². The van der Waals surface area contributed by atoms with E-state index >= 15 is 0 Å². The molecule has 1 aromatic rings. The van der Waals surface area contributed by atoms with E-state index in [1.165, 1.54) is 0 Å². The smallest absolute Gasteiger partial charge is 0.148 e. The summed E-state index contributed by atoms with van der Waals surface area (Å²) in [6.45, 7) is 0.199. The number of halogens is 2. The number of terminal acetylenes is 1. The highest BCUT2D eigenvalue weighted by molar-refractivity contribution is 6.30.